The Kier molecular flexibility index (Phi) is 7.53. The van der Waals surface area contributed by atoms with Gasteiger partial charge in [-0.15, -0.1) is 11.8 Å². The number of nitrogens with two attached hydrogens (primary N) is 1. The Morgan fingerprint density at radius 3 is 2.62 bits per heavy atom. The molecule has 1 aliphatic rings. The smallest absolute Gasteiger partial charge is 0.338 e. The van der Waals surface area contributed by atoms with Gasteiger partial charge in [0.05, 0.1) is 16.5 Å². The second kappa shape index (κ2) is 11.0. The number of aryl methyl sites for hydroxylation is 2. The fraction of sp³-hybridized carbons (Fsp3) is 0.321. The van der Waals surface area contributed by atoms with Crippen molar-refractivity contribution in [3.05, 3.63) is 76.6 Å². The van der Waals surface area contributed by atoms with Crippen LogP contribution in [0, 0.1) is 13.8 Å². The molecular formula is C28H29N5O5S. The van der Waals surface area contributed by atoms with Gasteiger partial charge >= 0.3 is 11.9 Å². The SMILES string of the molecule is CCSc1nn(C2CC(c3cc(C)ccc3C(=O)O)C(COC(=O)c3ccc(C)cc3)O2)c2ncnc(N)c12. The zero-order valence-corrected chi connectivity index (χ0v) is 22.6. The second-order valence-electron chi connectivity index (χ2n) is 9.47. The number of nitrogens with zero attached hydrogens (tertiary/aromatic N) is 4. The molecular weight excluding hydrogens is 518 g/mol. The van der Waals surface area contributed by atoms with E-state index in [2.05, 4.69) is 9.97 Å². The number of aromatic nitrogens is 4. The van der Waals surface area contributed by atoms with Crippen molar-refractivity contribution in [1.29, 1.82) is 0 Å². The number of carbonyl (C=O) groups is 2. The number of thioether (sulfide) groups is 1. The number of hydrogen-bond donors (Lipinski definition) is 2. The number of benzene rings is 2. The van der Waals surface area contributed by atoms with E-state index in [0.717, 1.165) is 16.9 Å². The lowest BCUT2D eigenvalue weighted by molar-refractivity contribution is -0.0384. The minimum absolute atomic E-state index is 0.0617. The molecule has 0 radical (unpaired) electrons. The zero-order valence-electron chi connectivity index (χ0n) is 21.8. The Labute approximate surface area is 229 Å². The van der Waals surface area contributed by atoms with Crippen LogP contribution in [0.5, 0.6) is 0 Å². The minimum Gasteiger partial charge on any atom is -0.478 e. The molecule has 1 saturated heterocycles. The van der Waals surface area contributed by atoms with Gasteiger partial charge in [-0.05, 0) is 43.4 Å². The third kappa shape index (κ3) is 5.32. The molecule has 1 fully saturated rings. The van der Waals surface area contributed by atoms with E-state index in [1.807, 2.05) is 39.0 Å². The molecule has 3 heterocycles. The summed E-state index contributed by atoms with van der Waals surface area (Å²) >= 11 is 1.52. The van der Waals surface area contributed by atoms with E-state index in [1.54, 1.807) is 28.9 Å². The first-order valence-electron chi connectivity index (χ1n) is 12.6. The molecule has 39 heavy (non-hydrogen) atoms. The van der Waals surface area contributed by atoms with Crippen molar-refractivity contribution in [2.45, 2.75) is 50.5 Å². The summed E-state index contributed by atoms with van der Waals surface area (Å²) in [4.78, 5) is 33.5. The molecule has 0 spiro atoms. The largest absolute Gasteiger partial charge is 0.478 e. The molecule has 2 aromatic carbocycles. The van der Waals surface area contributed by atoms with Gasteiger partial charge in [0, 0.05) is 12.3 Å². The van der Waals surface area contributed by atoms with Crippen molar-refractivity contribution in [2.75, 3.05) is 18.1 Å². The number of ether oxygens (including phenoxy) is 2. The van der Waals surface area contributed by atoms with Gasteiger partial charge in [-0.1, -0.05) is 42.3 Å². The maximum absolute atomic E-state index is 12.8. The standard InChI is InChI=1S/C28H29N5O5S/c1-4-39-26-23-24(29)30-14-31-25(23)33(32-26)22-12-20(19-11-16(3)7-10-18(19)27(34)35)21(38-22)13-37-28(36)17-8-5-15(2)6-9-17/h5-11,14,20-22H,4,12-13H2,1-3H3,(H,34,35)(H2,29,30,31). The van der Waals surface area contributed by atoms with Crippen LogP contribution in [0.25, 0.3) is 11.0 Å². The summed E-state index contributed by atoms with van der Waals surface area (Å²) in [5, 5.41) is 16.0. The van der Waals surface area contributed by atoms with Gasteiger partial charge in [0.25, 0.3) is 0 Å². The highest BCUT2D eigenvalue weighted by atomic mass is 32.2. The van der Waals surface area contributed by atoms with Gasteiger partial charge in [-0.2, -0.15) is 5.10 Å². The first-order valence-corrected chi connectivity index (χ1v) is 13.6. The lowest BCUT2D eigenvalue weighted by atomic mass is 9.87. The van der Waals surface area contributed by atoms with Gasteiger partial charge in [-0.25, -0.2) is 24.2 Å². The average Bonchev–Trinajstić information content (AvgIpc) is 3.50. The number of carbonyl (C=O) groups excluding carboxylic acids is 1. The molecule has 0 aliphatic carbocycles. The lowest BCUT2D eigenvalue weighted by Gasteiger charge is -2.20. The Hall–Kier alpha value is -3.96. The molecule has 10 nitrogen and oxygen atoms in total. The van der Waals surface area contributed by atoms with Crippen LogP contribution in [0.1, 0.15) is 62.9 Å². The van der Waals surface area contributed by atoms with Crippen LogP contribution in [0.15, 0.2) is 53.8 Å². The number of carboxylic acid groups (broad SMARTS) is 1. The van der Waals surface area contributed by atoms with Crippen LogP contribution in [0.4, 0.5) is 5.82 Å². The molecule has 3 unspecified atom stereocenters. The Balaban J connectivity index is 1.51. The predicted molar refractivity (Wildman–Crippen MR) is 147 cm³/mol. The summed E-state index contributed by atoms with van der Waals surface area (Å²) in [6, 6.07) is 12.3. The van der Waals surface area contributed by atoms with E-state index >= 15 is 0 Å². The number of carboxylic acids is 1. The highest BCUT2D eigenvalue weighted by molar-refractivity contribution is 7.99. The summed E-state index contributed by atoms with van der Waals surface area (Å²) in [6.07, 6.45) is 0.563. The van der Waals surface area contributed by atoms with Crippen LogP contribution in [-0.4, -0.2) is 55.3 Å². The molecule has 1 aliphatic heterocycles. The number of hydrogen-bond acceptors (Lipinski definition) is 9. The van der Waals surface area contributed by atoms with Gasteiger partial charge in [0.1, 0.15) is 29.9 Å². The number of anilines is 1. The van der Waals surface area contributed by atoms with Gasteiger partial charge in [0.15, 0.2) is 11.9 Å². The summed E-state index contributed by atoms with van der Waals surface area (Å²) < 4.78 is 13.8. The lowest BCUT2D eigenvalue weighted by Crippen LogP contribution is -2.25. The third-order valence-electron chi connectivity index (χ3n) is 6.78. The topological polar surface area (TPSA) is 142 Å². The number of nitrogen functional groups attached to an aromatic ring is 1. The minimum atomic E-state index is -1.03. The summed E-state index contributed by atoms with van der Waals surface area (Å²) in [6.45, 7) is 5.80. The van der Waals surface area contributed by atoms with Crippen molar-refractivity contribution in [3.8, 4) is 0 Å². The number of rotatable bonds is 8. The van der Waals surface area contributed by atoms with Gasteiger partial charge < -0.3 is 20.3 Å². The first kappa shape index (κ1) is 26.6. The summed E-state index contributed by atoms with van der Waals surface area (Å²) in [5.74, 6) is -0.789. The Morgan fingerprint density at radius 2 is 1.90 bits per heavy atom. The molecule has 4 aromatic rings. The van der Waals surface area contributed by atoms with E-state index in [4.69, 9.17) is 20.3 Å². The maximum Gasteiger partial charge on any atom is 0.338 e. The molecule has 11 heteroatoms. The van der Waals surface area contributed by atoms with Crippen LogP contribution >= 0.6 is 11.8 Å². The molecule has 3 atom stereocenters. The fourth-order valence-electron chi connectivity index (χ4n) is 4.88. The van der Waals surface area contributed by atoms with Crippen LogP contribution in [0.3, 0.4) is 0 Å². The van der Waals surface area contributed by atoms with Crippen LogP contribution < -0.4 is 5.73 Å². The predicted octanol–water partition coefficient (Wildman–Crippen LogP) is 4.76. The molecule has 0 bridgehead atoms. The first-order chi connectivity index (χ1) is 18.8. The normalized spacial score (nSPS) is 18.9. The van der Waals surface area contributed by atoms with Crippen LogP contribution in [0.2, 0.25) is 0 Å². The number of esters is 1. The molecule has 2 aromatic heterocycles. The number of aromatic carboxylic acids is 1. The highest BCUT2D eigenvalue weighted by Gasteiger charge is 2.41. The highest BCUT2D eigenvalue weighted by Crippen LogP contribution is 2.43. The summed E-state index contributed by atoms with van der Waals surface area (Å²) in [7, 11) is 0. The van der Waals surface area contributed by atoms with E-state index in [0.29, 0.717) is 39.4 Å². The fourth-order valence-corrected chi connectivity index (χ4v) is 5.64. The average molecular weight is 548 g/mol. The zero-order chi connectivity index (χ0) is 27.7. The third-order valence-corrected chi connectivity index (χ3v) is 7.63. The Bertz CT molecular complexity index is 1540. The molecule has 3 N–H and O–H groups in total. The van der Waals surface area contributed by atoms with Crippen molar-refractivity contribution in [3.63, 3.8) is 0 Å². The van der Waals surface area contributed by atoms with E-state index in [1.165, 1.54) is 18.1 Å². The maximum atomic E-state index is 12.8. The quantitative estimate of drug-likeness (QED) is 0.234. The van der Waals surface area contributed by atoms with Gasteiger partial charge in [0.2, 0.25) is 0 Å². The monoisotopic (exact) mass is 547 g/mol. The summed E-state index contributed by atoms with van der Waals surface area (Å²) in [5.41, 5.74) is 9.89. The second-order valence-corrected chi connectivity index (χ2v) is 10.7. The van der Waals surface area contributed by atoms with Crippen molar-refractivity contribution in [1.82, 2.24) is 19.7 Å². The van der Waals surface area contributed by atoms with E-state index in [-0.39, 0.29) is 18.1 Å². The Morgan fingerprint density at radius 1 is 1.15 bits per heavy atom. The number of fused-ring (bicyclic) bond motifs is 1. The van der Waals surface area contributed by atoms with Crippen LogP contribution in [-0.2, 0) is 9.47 Å². The molecule has 0 amide bonds. The van der Waals surface area contributed by atoms with Crippen molar-refractivity contribution in [2.24, 2.45) is 0 Å². The van der Waals surface area contributed by atoms with E-state index in [9.17, 15) is 14.7 Å². The van der Waals surface area contributed by atoms with Gasteiger partial charge in [-0.3, -0.25) is 0 Å². The molecule has 202 valence electrons. The van der Waals surface area contributed by atoms with Crippen molar-refractivity contribution >= 4 is 40.6 Å². The molecule has 0 saturated carbocycles. The van der Waals surface area contributed by atoms with Crippen molar-refractivity contribution < 1.29 is 24.2 Å². The molecule has 5 rings (SSSR count). The van der Waals surface area contributed by atoms with E-state index < -0.39 is 24.3 Å².